The number of rotatable bonds is 35. The molecule has 9 unspecified atom stereocenters. The predicted molar refractivity (Wildman–Crippen MR) is 342 cm³/mol. The van der Waals surface area contributed by atoms with E-state index in [2.05, 4.69) is 72.4 Å². The normalized spacial score (nSPS) is 14.5. The predicted octanol–water partition coefficient (Wildman–Crippen LogP) is 2.39. The maximum atomic E-state index is 15.2. The van der Waals surface area contributed by atoms with Gasteiger partial charge in [0.1, 0.15) is 48.3 Å². The number of aromatic nitrogens is 6. The van der Waals surface area contributed by atoms with Gasteiger partial charge in [0, 0.05) is 83.7 Å². The molecule has 26 heteroatoms. The topological polar surface area (TPSA) is 411 Å². The zero-order valence-corrected chi connectivity index (χ0v) is 52.1. The maximum absolute atomic E-state index is 15.2. The van der Waals surface area contributed by atoms with Crippen LogP contribution in [0.15, 0.2) is 116 Å². The third-order valence-corrected chi connectivity index (χ3v) is 15.7. The van der Waals surface area contributed by atoms with Crippen LogP contribution >= 0.6 is 0 Å². The Labute approximate surface area is 527 Å². The lowest BCUT2D eigenvalue weighted by Crippen LogP contribution is -2.61. The Morgan fingerprint density at radius 1 is 0.462 bits per heavy atom. The van der Waals surface area contributed by atoms with Crippen LogP contribution < -0.4 is 54.0 Å². The summed E-state index contributed by atoms with van der Waals surface area (Å²) in [4.78, 5) is 149. The summed E-state index contributed by atoms with van der Waals surface area (Å²) in [7, 11) is 0. The van der Waals surface area contributed by atoms with Crippen molar-refractivity contribution >= 4 is 75.0 Å². The zero-order valence-electron chi connectivity index (χ0n) is 52.1. The second kappa shape index (κ2) is 33.2. The summed E-state index contributed by atoms with van der Waals surface area (Å²) in [5, 5.41) is 33.7. The zero-order chi connectivity index (χ0) is 65.7. The molecule has 0 saturated carbocycles. The second-order valence-electron chi connectivity index (χ2n) is 24.1. The highest BCUT2D eigenvalue weighted by Crippen LogP contribution is 2.22. The van der Waals surface area contributed by atoms with Crippen molar-refractivity contribution in [3.63, 3.8) is 0 Å². The fourth-order valence-corrected chi connectivity index (χ4v) is 10.7. The van der Waals surface area contributed by atoms with E-state index in [0.717, 1.165) is 27.4 Å². The van der Waals surface area contributed by atoms with Gasteiger partial charge in [-0.25, -0.2) is 14.8 Å². The van der Waals surface area contributed by atoms with E-state index in [1.165, 1.54) is 25.0 Å². The largest absolute Gasteiger partial charge is 0.480 e. The summed E-state index contributed by atoms with van der Waals surface area (Å²) in [6, 6.07) is 12.3. The quantitative estimate of drug-likeness (QED) is 0.0254. The van der Waals surface area contributed by atoms with Gasteiger partial charge in [-0.2, -0.15) is 0 Å². The molecule has 0 aliphatic carbocycles. The van der Waals surface area contributed by atoms with Crippen LogP contribution in [-0.2, 0) is 75.3 Å². The van der Waals surface area contributed by atoms with Crippen LogP contribution in [0.5, 0.6) is 0 Å². The number of imidazole rings is 2. The van der Waals surface area contributed by atoms with Crippen molar-refractivity contribution in [2.45, 2.75) is 154 Å². The average Bonchev–Trinajstić information content (AvgIpc) is 2.14. The van der Waals surface area contributed by atoms with Gasteiger partial charge in [-0.15, -0.1) is 0 Å². The van der Waals surface area contributed by atoms with Crippen molar-refractivity contribution in [3.8, 4) is 0 Å². The third kappa shape index (κ3) is 19.9. The fourth-order valence-electron chi connectivity index (χ4n) is 10.7. The minimum absolute atomic E-state index is 0.0359. The molecule has 26 nitrogen and oxygen atoms in total. The Morgan fingerprint density at radius 3 is 1.33 bits per heavy atom. The number of hydrogen-bond donors (Lipinski definition) is 15. The number of para-hydroxylation sites is 2. The Bertz CT molecular complexity index is 3550. The van der Waals surface area contributed by atoms with Gasteiger partial charge in [0.2, 0.25) is 47.3 Å². The lowest BCUT2D eigenvalue weighted by molar-refractivity contribution is -0.144. The minimum atomic E-state index is -1.46. The fraction of sp³-hybridized carbons (Fsp3) is 0.431. The molecule has 91 heavy (non-hydrogen) atoms. The number of benzene rings is 3. The molecule has 0 saturated heterocycles. The molecule has 7 aromatic rings. The number of aliphatic carboxylic acids is 1. The smallest absolute Gasteiger partial charge is 0.326 e. The number of carbonyl (C=O) groups is 9. The van der Waals surface area contributed by atoms with E-state index in [-0.39, 0.29) is 57.4 Å². The molecule has 0 bridgehead atoms. The summed E-state index contributed by atoms with van der Waals surface area (Å²) >= 11 is 0. The molecule has 0 spiro atoms. The van der Waals surface area contributed by atoms with Crippen LogP contribution in [0, 0.1) is 17.8 Å². The van der Waals surface area contributed by atoms with Gasteiger partial charge in [-0.3, -0.25) is 38.4 Å². The van der Waals surface area contributed by atoms with Crippen LogP contribution in [0.4, 0.5) is 0 Å². The number of carboxylic acids is 1. The standard InChI is InChI=1S/C65H86N16O10/c1-36(2)24-50(75-57(82)46(67)25-39-16-8-7-9-17-39)59(84)78-53(28-42-32-68-34-72-42)61(86)74-49(22-14-15-23-66)58(83)76-51(26-40-30-70-47-20-12-10-18-44(40)47)60(85)79-54(29-43-33-69-35-73-43)62(87)77-52(27-41-31-71-48-21-13-11-19-45(41)48)63(88)80-55(37(3)4)64(89)81-56(38(5)6)65(90)91/h7-13,16-21,30-38,46,49-56,70-71H,14-15,22-29,66-67H2,1-6H3,(H,68,72)(H,69,73)(H,74,86)(H,75,82)(H,76,83)(H,77,87)(H,78,84)(H,79,85)(H,80,88)(H,81,89)(H,90,91). The molecule has 486 valence electrons. The third-order valence-electron chi connectivity index (χ3n) is 15.7. The molecule has 3 aromatic carbocycles. The maximum Gasteiger partial charge on any atom is 0.326 e. The molecular weight excluding hydrogens is 1160 g/mol. The Kier molecular flexibility index (Phi) is 25.1. The van der Waals surface area contributed by atoms with Crippen LogP contribution in [0.3, 0.4) is 0 Å². The molecule has 7 rings (SSSR count). The van der Waals surface area contributed by atoms with E-state index >= 15 is 14.4 Å². The summed E-state index contributed by atoms with van der Waals surface area (Å²) in [6.07, 6.45) is 9.83. The number of nitrogens with one attached hydrogen (secondary N) is 12. The van der Waals surface area contributed by atoms with E-state index in [1.807, 2.05) is 92.7 Å². The number of amides is 8. The number of hydrogen-bond acceptors (Lipinski definition) is 13. The van der Waals surface area contributed by atoms with Crippen LogP contribution in [0.2, 0.25) is 0 Å². The monoisotopic (exact) mass is 1250 g/mol. The van der Waals surface area contributed by atoms with Crippen LogP contribution in [-0.4, -0.2) is 149 Å². The number of nitrogens with zero attached hydrogens (tertiary/aromatic N) is 2. The molecule has 4 aromatic heterocycles. The van der Waals surface area contributed by atoms with Crippen LogP contribution in [0.25, 0.3) is 21.8 Å². The van der Waals surface area contributed by atoms with Gasteiger partial charge >= 0.3 is 5.97 Å². The van der Waals surface area contributed by atoms with Crippen molar-refractivity contribution in [2.24, 2.45) is 29.2 Å². The highest BCUT2D eigenvalue weighted by atomic mass is 16.4. The summed E-state index contributed by atoms with van der Waals surface area (Å²) in [5.74, 6) is -8.37. The first-order valence-electron chi connectivity index (χ1n) is 30.8. The van der Waals surface area contributed by atoms with Crippen molar-refractivity contribution in [1.82, 2.24) is 72.4 Å². The molecule has 0 aliphatic heterocycles. The number of nitrogens with two attached hydrogens (primary N) is 2. The van der Waals surface area contributed by atoms with Gasteiger partial charge in [-0.05, 0) is 85.2 Å². The lowest BCUT2D eigenvalue weighted by Gasteiger charge is -2.29. The molecule has 17 N–H and O–H groups in total. The number of carbonyl (C=O) groups excluding carboxylic acids is 8. The summed E-state index contributed by atoms with van der Waals surface area (Å²) < 4.78 is 0. The molecule has 0 aliphatic rings. The van der Waals surface area contributed by atoms with Gasteiger partial charge < -0.3 is 79.0 Å². The molecule has 0 fully saturated rings. The first-order chi connectivity index (χ1) is 43.6. The highest BCUT2D eigenvalue weighted by molar-refractivity contribution is 5.99. The first-order valence-corrected chi connectivity index (χ1v) is 30.8. The summed E-state index contributed by atoms with van der Waals surface area (Å²) in [5.41, 5.74) is 16.7. The van der Waals surface area contributed by atoms with Crippen molar-refractivity contribution < 1.29 is 48.3 Å². The van der Waals surface area contributed by atoms with Crippen molar-refractivity contribution in [1.29, 1.82) is 0 Å². The Balaban J connectivity index is 1.17. The van der Waals surface area contributed by atoms with E-state index in [9.17, 15) is 33.9 Å². The van der Waals surface area contributed by atoms with Gasteiger partial charge in [0.15, 0.2) is 0 Å². The van der Waals surface area contributed by atoms with Crippen LogP contribution in [0.1, 0.15) is 95.3 Å². The lowest BCUT2D eigenvalue weighted by atomic mass is 9.98. The Hall–Kier alpha value is -9.69. The number of fused-ring (bicyclic) bond motifs is 2. The van der Waals surface area contributed by atoms with Gasteiger partial charge in [0.25, 0.3) is 0 Å². The van der Waals surface area contributed by atoms with Crippen molar-refractivity contribution in [3.05, 3.63) is 144 Å². The van der Waals surface area contributed by atoms with E-state index in [4.69, 9.17) is 11.5 Å². The molecule has 4 heterocycles. The minimum Gasteiger partial charge on any atom is -0.480 e. The Morgan fingerprint density at radius 2 is 0.879 bits per heavy atom. The van der Waals surface area contributed by atoms with Crippen molar-refractivity contribution in [2.75, 3.05) is 6.54 Å². The number of carboxylic acid groups (broad SMARTS) is 1. The summed E-state index contributed by atoms with van der Waals surface area (Å²) in [6.45, 7) is 10.7. The van der Waals surface area contributed by atoms with Gasteiger partial charge in [0.05, 0.1) is 18.7 Å². The second-order valence-corrected chi connectivity index (χ2v) is 24.1. The van der Waals surface area contributed by atoms with Gasteiger partial charge in [-0.1, -0.05) is 108 Å². The van der Waals surface area contributed by atoms with E-state index < -0.39 is 119 Å². The molecular formula is C65H86N16O10. The van der Waals surface area contributed by atoms with E-state index in [0.29, 0.717) is 35.4 Å². The number of unbranched alkanes of at least 4 members (excludes halogenated alkanes) is 1. The SMILES string of the molecule is CC(C)CC(NC(=O)C(N)Cc1ccccc1)C(=O)NC(Cc1cnc[nH]1)C(=O)NC(CCCCN)C(=O)NC(Cc1c[nH]c2ccccc12)C(=O)NC(Cc1cnc[nH]1)C(=O)NC(Cc1c[nH]c2ccccc12)C(=O)NC(C(=O)NC(C(=O)O)C(C)C)C(C)C. The number of aromatic amines is 4. The molecule has 9 atom stereocenters. The average molecular weight is 1250 g/mol. The first kappa shape index (κ1) is 68.8. The van der Waals surface area contributed by atoms with E-state index in [1.54, 1.807) is 40.1 Å². The highest BCUT2D eigenvalue weighted by Gasteiger charge is 2.37. The molecule has 0 radical (unpaired) electrons. The number of H-pyrrole nitrogens is 4. The molecule has 8 amide bonds.